The van der Waals surface area contributed by atoms with Gasteiger partial charge in [-0.25, -0.2) is 4.98 Å². The first-order chi connectivity index (χ1) is 11.4. The molecule has 0 amide bonds. The lowest BCUT2D eigenvalue weighted by molar-refractivity contribution is -0.123. The van der Waals surface area contributed by atoms with Crippen molar-refractivity contribution in [1.82, 2.24) is 9.97 Å². The summed E-state index contributed by atoms with van der Waals surface area (Å²) in [7, 11) is 0. The Labute approximate surface area is 140 Å². The highest BCUT2D eigenvalue weighted by atomic mass is 16.5. The fourth-order valence-corrected chi connectivity index (χ4v) is 2.58. The van der Waals surface area contributed by atoms with Gasteiger partial charge in [-0.3, -0.25) is 15.2 Å². The Balaban J connectivity index is 1.75. The van der Waals surface area contributed by atoms with Gasteiger partial charge in [0, 0.05) is 29.6 Å². The Morgan fingerprint density at radius 3 is 2.58 bits per heavy atom. The Morgan fingerprint density at radius 1 is 1.33 bits per heavy atom. The van der Waals surface area contributed by atoms with Crippen LogP contribution >= 0.6 is 0 Å². The van der Waals surface area contributed by atoms with Crippen molar-refractivity contribution >= 4 is 11.6 Å². The van der Waals surface area contributed by atoms with Crippen LogP contribution in [0.15, 0.2) is 30.6 Å². The molecule has 6 heteroatoms. The minimum atomic E-state index is -0.291. The zero-order valence-electron chi connectivity index (χ0n) is 13.8. The van der Waals surface area contributed by atoms with E-state index in [2.05, 4.69) is 9.97 Å². The standard InChI is InChI=1S/C18H20N4O2/c1-11-7-16(24-10-18(5-6-18)12(2)23)22-9-14(11)13-3-4-15(17(19)20)21-8-13/h3-4,7-9H,5-6,10H2,1-2H3,(H3,19,20). The number of Topliss-reactive ketones (excluding diaryl/α,β-unsaturated/α-hetero) is 1. The molecule has 0 atom stereocenters. The van der Waals surface area contributed by atoms with Crippen molar-refractivity contribution in [2.45, 2.75) is 26.7 Å². The molecule has 1 aliphatic carbocycles. The maximum absolute atomic E-state index is 11.6. The molecule has 0 radical (unpaired) electrons. The molecule has 0 saturated heterocycles. The number of pyridine rings is 2. The van der Waals surface area contributed by atoms with E-state index in [0.717, 1.165) is 29.5 Å². The summed E-state index contributed by atoms with van der Waals surface area (Å²) in [6.45, 7) is 3.99. The summed E-state index contributed by atoms with van der Waals surface area (Å²) in [5.41, 5.74) is 8.42. The van der Waals surface area contributed by atoms with Gasteiger partial charge in [-0.05, 0) is 38.3 Å². The molecule has 3 rings (SSSR count). The van der Waals surface area contributed by atoms with Gasteiger partial charge >= 0.3 is 0 Å². The second-order valence-corrected chi connectivity index (χ2v) is 6.31. The van der Waals surface area contributed by atoms with E-state index in [4.69, 9.17) is 15.9 Å². The van der Waals surface area contributed by atoms with Gasteiger partial charge in [0.25, 0.3) is 0 Å². The Bertz CT molecular complexity index is 795. The molecule has 1 aliphatic rings. The fourth-order valence-electron chi connectivity index (χ4n) is 2.58. The van der Waals surface area contributed by atoms with E-state index in [-0.39, 0.29) is 17.0 Å². The van der Waals surface area contributed by atoms with Crippen molar-refractivity contribution in [3.05, 3.63) is 41.9 Å². The maximum atomic E-state index is 11.6. The van der Waals surface area contributed by atoms with Gasteiger partial charge in [0.15, 0.2) is 0 Å². The molecule has 2 aromatic rings. The lowest BCUT2D eigenvalue weighted by Gasteiger charge is -2.13. The molecular weight excluding hydrogens is 304 g/mol. The maximum Gasteiger partial charge on any atom is 0.213 e. The summed E-state index contributed by atoms with van der Waals surface area (Å²) in [5.74, 6) is 0.657. The molecule has 0 aliphatic heterocycles. The monoisotopic (exact) mass is 324 g/mol. The van der Waals surface area contributed by atoms with Crippen LogP contribution in [0.3, 0.4) is 0 Å². The molecule has 24 heavy (non-hydrogen) atoms. The summed E-state index contributed by atoms with van der Waals surface area (Å²) in [6, 6.07) is 5.44. The number of carbonyl (C=O) groups excluding carboxylic acids is 1. The Morgan fingerprint density at radius 2 is 2.08 bits per heavy atom. The topological polar surface area (TPSA) is 102 Å². The number of ketones is 1. The summed E-state index contributed by atoms with van der Waals surface area (Å²) in [6.07, 6.45) is 5.21. The minimum Gasteiger partial charge on any atom is -0.477 e. The zero-order chi connectivity index (χ0) is 17.3. The van der Waals surface area contributed by atoms with Gasteiger partial charge in [0.2, 0.25) is 5.88 Å². The number of carbonyl (C=O) groups is 1. The van der Waals surface area contributed by atoms with E-state index >= 15 is 0 Å². The van der Waals surface area contributed by atoms with E-state index in [1.54, 1.807) is 25.4 Å². The highest BCUT2D eigenvalue weighted by molar-refractivity contribution is 5.93. The number of rotatable bonds is 6. The normalized spacial score (nSPS) is 14.9. The molecule has 0 aromatic carbocycles. The van der Waals surface area contributed by atoms with E-state index in [0.29, 0.717) is 18.2 Å². The lowest BCUT2D eigenvalue weighted by Crippen LogP contribution is -2.21. The fraction of sp³-hybridized carbons (Fsp3) is 0.333. The van der Waals surface area contributed by atoms with Crippen molar-refractivity contribution in [2.75, 3.05) is 6.61 Å². The summed E-state index contributed by atoms with van der Waals surface area (Å²) < 4.78 is 5.72. The number of nitrogen functional groups attached to an aromatic ring is 1. The van der Waals surface area contributed by atoms with E-state index in [1.165, 1.54) is 0 Å². The predicted octanol–water partition coefficient (Wildman–Crippen LogP) is 2.48. The first-order valence-corrected chi connectivity index (χ1v) is 7.83. The zero-order valence-corrected chi connectivity index (χ0v) is 13.8. The van der Waals surface area contributed by atoms with Crippen molar-refractivity contribution in [3.63, 3.8) is 0 Å². The van der Waals surface area contributed by atoms with Crippen molar-refractivity contribution in [1.29, 1.82) is 5.41 Å². The van der Waals surface area contributed by atoms with Crippen LogP contribution in [0.1, 0.15) is 31.0 Å². The second-order valence-electron chi connectivity index (χ2n) is 6.31. The van der Waals surface area contributed by atoms with Gasteiger partial charge in [0.05, 0.1) is 5.41 Å². The molecule has 0 unspecified atom stereocenters. The second kappa shape index (κ2) is 6.03. The molecule has 1 fully saturated rings. The third kappa shape index (κ3) is 3.13. The van der Waals surface area contributed by atoms with Crippen molar-refractivity contribution in [2.24, 2.45) is 11.1 Å². The summed E-state index contributed by atoms with van der Waals surface area (Å²) in [4.78, 5) is 20.1. The SMILES string of the molecule is CC(=O)C1(COc2cc(C)c(-c3ccc(C(=N)N)nc3)cn2)CC1. The van der Waals surface area contributed by atoms with Crippen LogP contribution in [0.2, 0.25) is 0 Å². The number of nitrogens with zero attached hydrogens (tertiary/aromatic N) is 2. The number of hydrogen-bond donors (Lipinski definition) is 2. The molecule has 124 valence electrons. The number of aromatic nitrogens is 2. The quantitative estimate of drug-likeness (QED) is 0.628. The number of amidine groups is 1. The first kappa shape index (κ1) is 16.1. The van der Waals surface area contributed by atoms with Gasteiger partial charge in [-0.15, -0.1) is 0 Å². The van der Waals surface area contributed by atoms with Crippen molar-refractivity contribution in [3.8, 4) is 17.0 Å². The average molecular weight is 324 g/mol. The Hall–Kier alpha value is -2.76. The first-order valence-electron chi connectivity index (χ1n) is 7.83. The van der Waals surface area contributed by atoms with Crippen molar-refractivity contribution < 1.29 is 9.53 Å². The largest absolute Gasteiger partial charge is 0.477 e. The number of aryl methyl sites for hydroxylation is 1. The molecular formula is C18H20N4O2. The van der Waals surface area contributed by atoms with Crippen LogP contribution in [0.5, 0.6) is 5.88 Å². The summed E-state index contributed by atoms with van der Waals surface area (Å²) in [5, 5.41) is 7.38. The van der Waals surface area contributed by atoms with Crippen LogP contribution in [-0.2, 0) is 4.79 Å². The Kier molecular flexibility index (Phi) is 4.05. The lowest BCUT2D eigenvalue weighted by atomic mass is 10.0. The van der Waals surface area contributed by atoms with Crippen LogP contribution in [0.4, 0.5) is 0 Å². The highest BCUT2D eigenvalue weighted by Crippen LogP contribution is 2.46. The summed E-state index contributed by atoms with van der Waals surface area (Å²) >= 11 is 0. The van der Waals surface area contributed by atoms with E-state index < -0.39 is 0 Å². The van der Waals surface area contributed by atoms with Crippen LogP contribution < -0.4 is 10.5 Å². The molecule has 3 N–H and O–H groups in total. The van der Waals surface area contributed by atoms with Gasteiger partial charge in [-0.1, -0.05) is 6.07 Å². The van der Waals surface area contributed by atoms with Gasteiger partial charge in [0.1, 0.15) is 23.9 Å². The number of nitrogens with one attached hydrogen (secondary N) is 1. The highest BCUT2D eigenvalue weighted by Gasteiger charge is 2.48. The number of nitrogens with two attached hydrogens (primary N) is 1. The van der Waals surface area contributed by atoms with Crippen LogP contribution in [0.25, 0.3) is 11.1 Å². The molecule has 0 bridgehead atoms. The predicted molar refractivity (Wildman–Crippen MR) is 91.1 cm³/mol. The van der Waals surface area contributed by atoms with E-state index in [9.17, 15) is 4.79 Å². The molecule has 2 heterocycles. The van der Waals surface area contributed by atoms with Gasteiger partial charge < -0.3 is 10.5 Å². The number of ether oxygens (including phenoxy) is 1. The molecule has 0 spiro atoms. The van der Waals surface area contributed by atoms with Crippen LogP contribution in [-0.4, -0.2) is 28.2 Å². The molecule has 2 aromatic heterocycles. The smallest absolute Gasteiger partial charge is 0.213 e. The van der Waals surface area contributed by atoms with Crippen LogP contribution in [0, 0.1) is 17.7 Å². The van der Waals surface area contributed by atoms with Gasteiger partial charge in [-0.2, -0.15) is 0 Å². The minimum absolute atomic E-state index is 0.0559. The van der Waals surface area contributed by atoms with E-state index in [1.807, 2.05) is 19.1 Å². The average Bonchev–Trinajstić information content (AvgIpc) is 3.34. The third-order valence-electron chi connectivity index (χ3n) is 4.53. The molecule has 1 saturated carbocycles. The number of hydrogen-bond acceptors (Lipinski definition) is 5. The molecule has 6 nitrogen and oxygen atoms in total. The third-order valence-corrected chi connectivity index (χ3v) is 4.53.